The molecule has 1 aliphatic heterocycles. The lowest BCUT2D eigenvalue weighted by atomic mass is 9.93. The van der Waals surface area contributed by atoms with Crippen LogP contribution in [0.25, 0.3) is 0 Å². The van der Waals surface area contributed by atoms with Crippen LogP contribution in [0.5, 0.6) is 0 Å². The third kappa shape index (κ3) is 4.73. The van der Waals surface area contributed by atoms with Gasteiger partial charge in [0.2, 0.25) is 11.9 Å². The van der Waals surface area contributed by atoms with Crippen LogP contribution >= 0.6 is 35.0 Å². The Bertz CT molecular complexity index is 945. The number of amides is 1. The zero-order valence-electron chi connectivity index (χ0n) is 16.6. The van der Waals surface area contributed by atoms with Gasteiger partial charge in [0.25, 0.3) is 0 Å². The summed E-state index contributed by atoms with van der Waals surface area (Å²) in [7, 11) is 3.29. The Morgan fingerprint density at radius 3 is 2.87 bits per heavy atom. The molecule has 2 aromatic rings. The molecular weight excluding hydrogens is 445 g/mol. The number of halogens is 2. The highest BCUT2D eigenvalue weighted by molar-refractivity contribution is 8.03. The molecule has 3 rings (SSSR count). The van der Waals surface area contributed by atoms with E-state index in [1.165, 1.54) is 11.8 Å². The maximum atomic E-state index is 13.2. The van der Waals surface area contributed by atoms with Gasteiger partial charge >= 0.3 is 0 Å². The van der Waals surface area contributed by atoms with Gasteiger partial charge < -0.3 is 21.1 Å². The van der Waals surface area contributed by atoms with E-state index in [0.717, 1.165) is 5.56 Å². The van der Waals surface area contributed by atoms with Gasteiger partial charge in [-0.3, -0.25) is 4.79 Å². The molecule has 0 radical (unpaired) electrons. The van der Waals surface area contributed by atoms with Crippen molar-refractivity contribution >= 4 is 46.8 Å². The largest absolute Gasteiger partial charge is 0.366 e. The highest BCUT2D eigenvalue weighted by Crippen LogP contribution is 2.43. The molecule has 0 spiro atoms. The van der Waals surface area contributed by atoms with Crippen LogP contribution in [0.3, 0.4) is 0 Å². The second-order valence-corrected chi connectivity index (χ2v) is 8.57. The zero-order valence-corrected chi connectivity index (χ0v) is 18.9. The summed E-state index contributed by atoms with van der Waals surface area (Å²) in [5.41, 5.74) is 6.37. The fourth-order valence-corrected chi connectivity index (χ4v) is 4.90. The molecule has 2 unspecified atom stereocenters. The summed E-state index contributed by atoms with van der Waals surface area (Å²) in [6.45, 7) is 0.257. The molecule has 0 saturated heterocycles. The first kappa shape index (κ1) is 22.8. The number of nitrogens with two attached hydrogens (primary N) is 1. The highest BCUT2D eigenvalue weighted by Gasteiger charge is 2.48. The molecule has 4 N–H and O–H groups in total. The van der Waals surface area contributed by atoms with E-state index in [1.807, 2.05) is 17.6 Å². The van der Waals surface area contributed by atoms with E-state index in [4.69, 9.17) is 33.7 Å². The van der Waals surface area contributed by atoms with E-state index in [2.05, 4.69) is 20.6 Å². The van der Waals surface area contributed by atoms with Crippen LogP contribution in [0.15, 0.2) is 41.9 Å². The molecule has 1 aliphatic rings. The van der Waals surface area contributed by atoms with Crippen LogP contribution in [0.2, 0.25) is 10.0 Å². The smallest absolute Gasteiger partial charge is 0.237 e. The molecular formula is C20H23Cl2N5O2S. The molecule has 0 bridgehead atoms. The van der Waals surface area contributed by atoms with Crippen LogP contribution in [0.1, 0.15) is 11.3 Å². The summed E-state index contributed by atoms with van der Waals surface area (Å²) >= 11 is 13.6. The number of hydrogen-bond acceptors (Lipinski definition) is 7. The third-order valence-electron chi connectivity index (χ3n) is 4.89. The second kappa shape index (κ2) is 9.98. The van der Waals surface area contributed by atoms with Gasteiger partial charge in [0.05, 0.1) is 5.69 Å². The van der Waals surface area contributed by atoms with Gasteiger partial charge in [-0.25, -0.2) is 9.97 Å². The number of nitrogens with one attached hydrogen (secondary N) is 2. The monoisotopic (exact) mass is 467 g/mol. The summed E-state index contributed by atoms with van der Waals surface area (Å²) in [6.07, 6.45) is 3.96. The van der Waals surface area contributed by atoms with Crippen molar-refractivity contribution in [3.05, 3.63) is 63.2 Å². The molecule has 2 heterocycles. The average molecular weight is 468 g/mol. The number of carbonyl (C=O) groups is 1. The quantitative estimate of drug-likeness (QED) is 0.548. The van der Waals surface area contributed by atoms with Crippen molar-refractivity contribution in [2.45, 2.75) is 23.3 Å². The molecule has 1 amide bonds. The van der Waals surface area contributed by atoms with Crippen molar-refractivity contribution in [2.75, 3.05) is 26.0 Å². The Morgan fingerprint density at radius 1 is 1.40 bits per heavy atom. The topological polar surface area (TPSA) is 102 Å². The standard InChI is InChI=1S/C20H23Cl2N5O2S/c1-24-19-25-7-5-16(27-19)20(29-2)6-8-30-17(20)18(28)26-14(11-23)9-12-3-4-13(21)10-15(12)22/h3-8,10,14,17H,9,11,23H2,1-2H3,(H,26,28)(H,24,25,27)/t14-,17?,20?/m0/s1. The van der Waals surface area contributed by atoms with Crippen LogP contribution in [0.4, 0.5) is 5.95 Å². The first-order valence-electron chi connectivity index (χ1n) is 9.27. The van der Waals surface area contributed by atoms with Gasteiger partial charge in [-0.2, -0.15) is 0 Å². The molecule has 10 heteroatoms. The number of carbonyl (C=O) groups excluding carboxylic acids is 1. The molecule has 30 heavy (non-hydrogen) atoms. The lowest BCUT2D eigenvalue weighted by Gasteiger charge is -2.32. The van der Waals surface area contributed by atoms with Crippen molar-refractivity contribution in [3.63, 3.8) is 0 Å². The number of hydrogen-bond donors (Lipinski definition) is 3. The number of thioether (sulfide) groups is 1. The molecule has 0 fully saturated rings. The maximum Gasteiger partial charge on any atom is 0.237 e. The van der Waals surface area contributed by atoms with Crippen molar-refractivity contribution < 1.29 is 9.53 Å². The molecule has 1 aromatic heterocycles. The minimum absolute atomic E-state index is 0.197. The van der Waals surface area contributed by atoms with Crippen molar-refractivity contribution in [2.24, 2.45) is 5.73 Å². The number of anilines is 1. The van der Waals surface area contributed by atoms with Crippen molar-refractivity contribution in [3.8, 4) is 0 Å². The highest BCUT2D eigenvalue weighted by atomic mass is 35.5. The number of benzene rings is 1. The third-order valence-corrected chi connectivity index (χ3v) is 6.60. The molecule has 1 aromatic carbocycles. The van der Waals surface area contributed by atoms with E-state index in [9.17, 15) is 4.79 Å². The Hall–Kier alpha value is -1.84. The fourth-order valence-electron chi connectivity index (χ4n) is 3.28. The lowest BCUT2D eigenvalue weighted by Crippen LogP contribution is -2.51. The molecule has 0 saturated carbocycles. The summed E-state index contributed by atoms with van der Waals surface area (Å²) in [4.78, 5) is 21.9. The van der Waals surface area contributed by atoms with Crippen LogP contribution in [0, 0.1) is 0 Å². The minimum Gasteiger partial charge on any atom is -0.366 e. The van der Waals surface area contributed by atoms with E-state index < -0.39 is 10.9 Å². The zero-order chi connectivity index (χ0) is 21.7. The average Bonchev–Trinajstić information content (AvgIpc) is 3.20. The molecule has 0 aliphatic carbocycles. The van der Waals surface area contributed by atoms with Crippen LogP contribution in [-0.2, 0) is 21.6 Å². The maximum absolute atomic E-state index is 13.2. The number of ether oxygens (including phenoxy) is 1. The second-order valence-electron chi connectivity index (χ2n) is 6.71. The van der Waals surface area contributed by atoms with Gasteiger partial charge in [-0.1, -0.05) is 29.3 Å². The number of nitrogens with zero attached hydrogens (tertiary/aromatic N) is 2. The van der Waals surface area contributed by atoms with Gasteiger partial charge in [-0.15, -0.1) is 11.8 Å². The number of methoxy groups -OCH3 is 1. The Morgan fingerprint density at radius 2 is 2.20 bits per heavy atom. The Balaban J connectivity index is 1.80. The van der Waals surface area contributed by atoms with Crippen LogP contribution < -0.4 is 16.4 Å². The fraction of sp³-hybridized carbons (Fsp3) is 0.350. The number of aromatic nitrogens is 2. The lowest BCUT2D eigenvalue weighted by molar-refractivity contribution is -0.125. The summed E-state index contributed by atoms with van der Waals surface area (Å²) < 4.78 is 5.83. The van der Waals surface area contributed by atoms with Gasteiger partial charge in [0.15, 0.2) is 0 Å². The first-order chi connectivity index (χ1) is 14.4. The van der Waals surface area contributed by atoms with E-state index in [1.54, 1.807) is 38.6 Å². The van der Waals surface area contributed by atoms with E-state index in [0.29, 0.717) is 28.1 Å². The van der Waals surface area contributed by atoms with Gasteiger partial charge in [0, 0.05) is 43.0 Å². The summed E-state index contributed by atoms with van der Waals surface area (Å²) in [6, 6.07) is 6.72. The number of rotatable bonds is 8. The summed E-state index contributed by atoms with van der Waals surface area (Å²) in [5.74, 6) is 0.252. The first-order valence-corrected chi connectivity index (χ1v) is 11.0. The van der Waals surface area contributed by atoms with Crippen molar-refractivity contribution in [1.82, 2.24) is 15.3 Å². The van der Waals surface area contributed by atoms with Crippen molar-refractivity contribution in [1.29, 1.82) is 0 Å². The van der Waals surface area contributed by atoms with E-state index in [-0.39, 0.29) is 18.5 Å². The minimum atomic E-state index is -1.01. The molecule has 7 nitrogen and oxygen atoms in total. The Labute approximate surface area is 189 Å². The summed E-state index contributed by atoms with van der Waals surface area (Å²) in [5, 5.41) is 8.31. The normalized spacial score (nSPS) is 21.4. The van der Waals surface area contributed by atoms with Crippen LogP contribution in [-0.4, -0.2) is 47.9 Å². The molecule has 160 valence electrons. The molecule has 3 atom stereocenters. The van der Waals surface area contributed by atoms with Gasteiger partial charge in [-0.05, 0) is 41.7 Å². The predicted molar refractivity (Wildman–Crippen MR) is 122 cm³/mol. The van der Waals surface area contributed by atoms with E-state index >= 15 is 0 Å². The Kier molecular flexibility index (Phi) is 7.60. The van der Waals surface area contributed by atoms with Gasteiger partial charge in [0.1, 0.15) is 10.9 Å². The SMILES string of the molecule is CNc1nccc(C2(OC)C=CSC2C(=O)N[C@H](CN)Cc2ccc(Cl)cc2Cl)n1. The predicted octanol–water partition coefficient (Wildman–Crippen LogP) is 2.98.